The van der Waals surface area contributed by atoms with Crippen LogP contribution >= 0.6 is 11.3 Å². The monoisotopic (exact) mass is 432 g/mol. The van der Waals surface area contributed by atoms with E-state index < -0.39 is 0 Å². The second kappa shape index (κ2) is 9.67. The number of piperidine rings is 1. The van der Waals surface area contributed by atoms with Crippen molar-refractivity contribution in [2.75, 3.05) is 31.6 Å². The predicted molar refractivity (Wildman–Crippen MR) is 115 cm³/mol. The Morgan fingerprint density at radius 2 is 2.27 bits per heavy atom. The van der Waals surface area contributed by atoms with Crippen LogP contribution in [0.3, 0.4) is 0 Å². The van der Waals surface area contributed by atoms with Crippen molar-refractivity contribution in [2.24, 2.45) is 0 Å². The summed E-state index contributed by atoms with van der Waals surface area (Å²) >= 11 is 1.45. The SMILES string of the molecule is Cc1cnc(NC(=O)NCC2CCCCN2CCn2nc3c(cc2=O)COCC3)s1. The van der Waals surface area contributed by atoms with Gasteiger partial charge >= 0.3 is 6.03 Å². The number of carbonyl (C=O) groups is 1. The number of urea groups is 1. The number of hydrogen-bond donors (Lipinski definition) is 2. The van der Waals surface area contributed by atoms with E-state index in [1.807, 2.05) is 6.92 Å². The summed E-state index contributed by atoms with van der Waals surface area (Å²) in [5.74, 6) is 0. The summed E-state index contributed by atoms with van der Waals surface area (Å²) in [6, 6.07) is 1.68. The van der Waals surface area contributed by atoms with E-state index in [1.165, 1.54) is 11.3 Å². The molecule has 0 aliphatic carbocycles. The molecule has 10 heteroatoms. The number of ether oxygens (including phenoxy) is 1. The Bertz CT molecular complexity index is 943. The molecular weight excluding hydrogens is 404 g/mol. The molecule has 0 saturated carbocycles. The lowest BCUT2D eigenvalue weighted by Gasteiger charge is -2.35. The van der Waals surface area contributed by atoms with Gasteiger partial charge in [0.15, 0.2) is 5.13 Å². The molecule has 0 bridgehead atoms. The number of aromatic nitrogens is 3. The summed E-state index contributed by atoms with van der Waals surface area (Å²) in [5.41, 5.74) is 1.79. The van der Waals surface area contributed by atoms with E-state index in [-0.39, 0.29) is 17.6 Å². The van der Waals surface area contributed by atoms with Gasteiger partial charge in [-0.1, -0.05) is 6.42 Å². The lowest BCUT2D eigenvalue weighted by molar-refractivity contribution is 0.107. The number of aryl methyl sites for hydroxylation is 1. The second-order valence-electron chi connectivity index (χ2n) is 7.78. The first-order chi connectivity index (χ1) is 14.6. The zero-order chi connectivity index (χ0) is 20.9. The molecule has 1 atom stereocenters. The Morgan fingerprint density at radius 3 is 3.10 bits per heavy atom. The predicted octanol–water partition coefficient (Wildman–Crippen LogP) is 1.76. The van der Waals surface area contributed by atoms with Gasteiger partial charge in [-0.3, -0.25) is 15.0 Å². The fourth-order valence-corrected chi connectivity index (χ4v) is 4.65. The van der Waals surface area contributed by atoms with E-state index in [0.717, 1.165) is 54.9 Å². The molecule has 2 aromatic heterocycles. The number of nitrogens with zero attached hydrogens (tertiary/aromatic N) is 4. The largest absolute Gasteiger partial charge is 0.376 e. The highest BCUT2D eigenvalue weighted by Gasteiger charge is 2.23. The topological polar surface area (TPSA) is 101 Å². The van der Waals surface area contributed by atoms with Crippen molar-refractivity contribution in [3.8, 4) is 0 Å². The third kappa shape index (κ3) is 5.24. The summed E-state index contributed by atoms with van der Waals surface area (Å²) in [6.07, 6.45) is 5.80. The summed E-state index contributed by atoms with van der Waals surface area (Å²) in [4.78, 5) is 32.2. The average molecular weight is 433 g/mol. The molecule has 162 valence electrons. The van der Waals surface area contributed by atoms with Gasteiger partial charge in [-0.05, 0) is 26.3 Å². The van der Waals surface area contributed by atoms with Gasteiger partial charge in [0.25, 0.3) is 5.56 Å². The molecule has 2 aliphatic rings. The van der Waals surface area contributed by atoms with Crippen LogP contribution in [0, 0.1) is 6.92 Å². The number of hydrogen-bond acceptors (Lipinski definition) is 7. The van der Waals surface area contributed by atoms with Crippen LogP contribution in [0.5, 0.6) is 0 Å². The Labute approximate surface area is 179 Å². The normalized spacial score (nSPS) is 19.3. The number of amides is 2. The average Bonchev–Trinajstić information content (AvgIpc) is 3.15. The fraction of sp³-hybridized carbons (Fsp3) is 0.600. The van der Waals surface area contributed by atoms with Gasteiger partial charge in [-0.25, -0.2) is 14.5 Å². The maximum Gasteiger partial charge on any atom is 0.321 e. The molecule has 0 radical (unpaired) electrons. The molecule has 30 heavy (non-hydrogen) atoms. The molecule has 0 aromatic carbocycles. The standard InChI is InChI=1S/C20H28N6O3S/c1-14-11-22-20(30-14)23-19(28)21-12-16-4-2-3-6-25(16)7-8-26-18(27)10-15-13-29-9-5-17(15)24-26/h10-11,16H,2-9,12-13H2,1H3,(H2,21,22,23,28). The van der Waals surface area contributed by atoms with Crippen LogP contribution in [0.4, 0.5) is 9.93 Å². The summed E-state index contributed by atoms with van der Waals surface area (Å²) in [5, 5.41) is 10.9. The van der Waals surface area contributed by atoms with Crippen molar-refractivity contribution in [1.29, 1.82) is 0 Å². The summed E-state index contributed by atoms with van der Waals surface area (Å²) in [6.45, 7) is 5.90. The highest BCUT2D eigenvalue weighted by Crippen LogP contribution is 2.18. The van der Waals surface area contributed by atoms with Crippen molar-refractivity contribution in [1.82, 2.24) is 25.0 Å². The maximum atomic E-state index is 12.4. The summed E-state index contributed by atoms with van der Waals surface area (Å²) in [7, 11) is 0. The number of thiazole rings is 1. The molecule has 1 saturated heterocycles. The Hall–Kier alpha value is -2.30. The molecule has 2 N–H and O–H groups in total. The molecule has 4 rings (SSSR count). The molecule has 1 unspecified atom stereocenters. The molecular formula is C20H28N6O3S. The number of nitrogens with one attached hydrogen (secondary N) is 2. The van der Waals surface area contributed by atoms with Crippen LogP contribution in [0.1, 0.15) is 35.4 Å². The van der Waals surface area contributed by atoms with Gasteiger partial charge in [-0.2, -0.15) is 5.10 Å². The minimum absolute atomic E-state index is 0.0796. The van der Waals surface area contributed by atoms with Gasteiger partial charge in [0, 0.05) is 48.3 Å². The van der Waals surface area contributed by atoms with E-state index in [0.29, 0.717) is 31.4 Å². The van der Waals surface area contributed by atoms with Crippen LogP contribution in [-0.4, -0.2) is 58.0 Å². The quantitative estimate of drug-likeness (QED) is 0.721. The van der Waals surface area contributed by atoms with Crippen molar-refractivity contribution < 1.29 is 9.53 Å². The first-order valence-electron chi connectivity index (χ1n) is 10.5. The number of likely N-dealkylation sites (tertiary alicyclic amines) is 1. The highest BCUT2D eigenvalue weighted by atomic mass is 32.1. The Morgan fingerprint density at radius 1 is 1.37 bits per heavy atom. The smallest absolute Gasteiger partial charge is 0.321 e. The van der Waals surface area contributed by atoms with E-state index in [4.69, 9.17) is 4.74 Å². The fourth-order valence-electron chi connectivity index (χ4n) is 3.99. The highest BCUT2D eigenvalue weighted by molar-refractivity contribution is 7.15. The minimum Gasteiger partial charge on any atom is -0.376 e. The van der Waals surface area contributed by atoms with Crippen LogP contribution < -0.4 is 16.2 Å². The van der Waals surface area contributed by atoms with Crippen molar-refractivity contribution in [2.45, 2.75) is 51.8 Å². The maximum absolute atomic E-state index is 12.4. The molecule has 1 fully saturated rings. The first kappa shape index (κ1) is 21.0. The third-order valence-electron chi connectivity index (χ3n) is 5.59. The van der Waals surface area contributed by atoms with Crippen LogP contribution in [0.25, 0.3) is 0 Å². The van der Waals surface area contributed by atoms with E-state index in [1.54, 1.807) is 16.9 Å². The van der Waals surface area contributed by atoms with Crippen LogP contribution in [0.15, 0.2) is 17.1 Å². The molecule has 2 aliphatic heterocycles. The van der Waals surface area contributed by atoms with Gasteiger partial charge in [0.2, 0.25) is 0 Å². The molecule has 2 amide bonds. The zero-order valence-corrected chi connectivity index (χ0v) is 18.0. The van der Waals surface area contributed by atoms with E-state index in [9.17, 15) is 9.59 Å². The van der Waals surface area contributed by atoms with Crippen molar-refractivity contribution >= 4 is 22.5 Å². The molecule has 0 spiro atoms. The van der Waals surface area contributed by atoms with Crippen molar-refractivity contribution in [3.05, 3.63) is 38.8 Å². The van der Waals surface area contributed by atoms with Crippen LogP contribution in [-0.2, 0) is 24.3 Å². The van der Waals surface area contributed by atoms with E-state index >= 15 is 0 Å². The van der Waals surface area contributed by atoms with Gasteiger partial charge in [0.1, 0.15) is 0 Å². The number of anilines is 1. The van der Waals surface area contributed by atoms with Crippen LogP contribution in [0.2, 0.25) is 0 Å². The van der Waals surface area contributed by atoms with Gasteiger partial charge in [-0.15, -0.1) is 11.3 Å². The number of fused-ring (bicyclic) bond motifs is 1. The summed E-state index contributed by atoms with van der Waals surface area (Å²) < 4.78 is 6.98. The lowest BCUT2D eigenvalue weighted by atomic mass is 10.0. The van der Waals surface area contributed by atoms with Gasteiger partial charge < -0.3 is 10.1 Å². The Kier molecular flexibility index (Phi) is 6.76. The number of carbonyl (C=O) groups excluding carboxylic acids is 1. The zero-order valence-electron chi connectivity index (χ0n) is 17.2. The lowest BCUT2D eigenvalue weighted by Crippen LogP contribution is -2.48. The number of rotatable bonds is 6. The minimum atomic E-state index is -0.232. The first-order valence-corrected chi connectivity index (χ1v) is 11.3. The third-order valence-corrected chi connectivity index (χ3v) is 6.42. The Balaban J connectivity index is 1.31. The van der Waals surface area contributed by atoms with Gasteiger partial charge in [0.05, 0.1) is 25.5 Å². The molecule has 4 heterocycles. The molecule has 2 aromatic rings. The second-order valence-corrected chi connectivity index (χ2v) is 9.01. The van der Waals surface area contributed by atoms with Crippen molar-refractivity contribution in [3.63, 3.8) is 0 Å². The molecule has 9 nitrogen and oxygen atoms in total. The van der Waals surface area contributed by atoms with E-state index in [2.05, 4.69) is 25.6 Å².